The third kappa shape index (κ3) is 7.37. The van der Waals surface area contributed by atoms with E-state index in [4.69, 9.17) is 0 Å². The predicted molar refractivity (Wildman–Crippen MR) is 64.9 cm³/mol. The molecule has 3 heteroatoms. The first-order valence-electron chi connectivity index (χ1n) is 6.03. The fourth-order valence-corrected chi connectivity index (χ4v) is 1.32. The summed E-state index contributed by atoms with van der Waals surface area (Å²) in [5.41, 5.74) is 0. The summed E-state index contributed by atoms with van der Waals surface area (Å²) in [7, 11) is 3.84. The Morgan fingerprint density at radius 1 is 1.20 bits per heavy atom. The molecule has 90 valence electrons. The maximum Gasteiger partial charge on any atom is 0.237 e. The highest BCUT2D eigenvalue weighted by atomic mass is 16.2. The SMILES string of the molecule is CCCCCCCNC(=O)C(C)N(C)C. The van der Waals surface area contributed by atoms with Crippen molar-refractivity contribution in [3.8, 4) is 0 Å². The molecular formula is C12H26N2O. The molecular weight excluding hydrogens is 188 g/mol. The Morgan fingerprint density at radius 3 is 2.33 bits per heavy atom. The predicted octanol–water partition coefficient (Wildman–Crippen LogP) is 2.02. The van der Waals surface area contributed by atoms with E-state index in [1.807, 2.05) is 25.9 Å². The van der Waals surface area contributed by atoms with E-state index in [-0.39, 0.29) is 11.9 Å². The smallest absolute Gasteiger partial charge is 0.237 e. The zero-order valence-electron chi connectivity index (χ0n) is 10.7. The van der Waals surface area contributed by atoms with E-state index < -0.39 is 0 Å². The number of nitrogens with zero attached hydrogens (tertiary/aromatic N) is 1. The zero-order chi connectivity index (χ0) is 11.7. The van der Waals surface area contributed by atoms with E-state index in [0.717, 1.165) is 13.0 Å². The number of hydrogen-bond acceptors (Lipinski definition) is 2. The number of nitrogens with one attached hydrogen (secondary N) is 1. The lowest BCUT2D eigenvalue weighted by Crippen LogP contribution is -2.41. The Labute approximate surface area is 94.2 Å². The van der Waals surface area contributed by atoms with Crippen molar-refractivity contribution < 1.29 is 4.79 Å². The number of unbranched alkanes of at least 4 members (excludes halogenated alkanes) is 4. The number of rotatable bonds is 8. The molecule has 1 N–H and O–H groups in total. The van der Waals surface area contributed by atoms with E-state index in [9.17, 15) is 4.79 Å². The molecule has 0 aliphatic carbocycles. The van der Waals surface area contributed by atoms with Crippen LogP contribution in [0.25, 0.3) is 0 Å². The van der Waals surface area contributed by atoms with Gasteiger partial charge in [0.05, 0.1) is 6.04 Å². The summed E-state index contributed by atoms with van der Waals surface area (Å²) >= 11 is 0. The summed E-state index contributed by atoms with van der Waals surface area (Å²) in [4.78, 5) is 13.4. The Morgan fingerprint density at radius 2 is 1.80 bits per heavy atom. The molecule has 0 aliphatic rings. The van der Waals surface area contributed by atoms with Gasteiger partial charge < -0.3 is 5.32 Å². The monoisotopic (exact) mass is 214 g/mol. The van der Waals surface area contributed by atoms with Crippen LogP contribution in [0.5, 0.6) is 0 Å². The van der Waals surface area contributed by atoms with Gasteiger partial charge in [0.15, 0.2) is 0 Å². The Bertz CT molecular complexity index is 169. The molecule has 0 spiro atoms. The van der Waals surface area contributed by atoms with Crippen LogP contribution in [0.4, 0.5) is 0 Å². The highest BCUT2D eigenvalue weighted by molar-refractivity contribution is 5.81. The summed E-state index contributed by atoms with van der Waals surface area (Å²) in [5.74, 6) is 0.135. The quantitative estimate of drug-likeness (QED) is 0.627. The Kier molecular flexibility index (Phi) is 8.38. The number of carbonyl (C=O) groups excluding carboxylic acids is 1. The van der Waals surface area contributed by atoms with Crippen molar-refractivity contribution in [1.29, 1.82) is 0 Å². The maximum absolute atomic E-state index is 11.5. The van der Waals surface area contributed by atoms with Gasteiger partial charge in [0.1, 0.15) is 0 Å². The first-order valence-corrected chi connectivity index (χ1v) is 6.03. The van der Waals surface area contributed by atoms with Crippen molar-refractivity contribution in [3.05, 3.63) is 0 Å². The molecule has 3 nitrogen and oxygen atoms in total. The van der Waals surface area contributed by atoms with Crippen LogP contribution >= 0.6 is 0 Å². The van der Waals surface area contributed by atoms with Crippen LogP contribution in [-0.2, 0) is 4.79 Å². The molecule has 0 aromatic heterocycles. The molecule has 0 saturated carbocycles. The lowest BCUT2D eigenvalue weighted by Gasteiger charge is -2.18. The first kappa shape index (κ1) is 14.4. The van der Waals surface area contributed by atoms with Crippen molar-refractivity contribution in [2.24, 2.45) is 0 Å². The standard InChI is InChI=1S/C12H26N2O/c1-5-6-7-8-9-10-13-12(15)11(2)14(3)4/h11H,5-10H2,1-4H3,(H,13,15). The van der Waals surface area contributed by atoms with Crippen molar-refractivity contribution in [1.82, 2.24) is 10.2 Å². The molecule has 0 aliphatic heterocycles. The normalized spacial score (nSPS) is 12.9. The minimum atomic E-state index is -0.0272. The Balaban J connectivity index is 3.39. The topological polar surface area (TPSA) is 32.3 Å². The van der Waals surface area contributed by atoms with Crippen LogP contribution in [0, 0.1) is 0 Å². The maximum atomic E-state index is 11.5. The second-order valence-corrected chi connectivity index (χ2v) is 4.34. The van der Waals surface area contributed by atoms with Gasteiger partial charge in [-0.2, -0.15) is 0 Å². The van der Waals surface area contributed by atoms with Gasteiger partial charge in [0.25, 0.3) is 0 Å². The number of amides is 1. The highest BCUT2D eigenvalue weighted by Crippen LogP contribution is 2.01. The van der Waals surface area contributed by atoms with E-state index >= 15 is 0 Å². The molecule has 15 heavy (non-hydrogen) atoms. The van der Waals surface area contributed by atoms with Crippen molar-refractivity contribution in [2.45, 2.75) is 52.0 Å². The Hall–Kier alpha value is -0.570. The van der Waals surface area contributed by atoms with Gasteiger partial charge in [-0.05, 0) is 27.4 Å². The van der Waals surface area contributed by atoms with Gasteiger partial charge >= 0.3 is 0 Å². The van der Waals surface area contributed by atoms with E-state index in [1.54, 1.807) is 0 Å². The number of hydrogen-bond donors (Lipinski definition) is 1. The largest absolute Gasteiger partial charge is 0.355 e. The summed E-state index contributed by atoms with van der Waals surface area (Å²) in [6, 6.07) is -0.0272. The molecule has 0 bridgehead atoms. The fraction of sp³-hybridized carbons (Fsp3) is 0.917. The van der Waals surface area contributed by atoms with Gasteiger partial charge in [-0.3, -0.25) is 9.69 Å². The molecule has 0 radical (unpaired) electrons. The van der Waals surface area contributed by atoms with Gasteiger partial charge in [-0.15, -0.1) is 0 Å². The number of carbonyl (C=O) groups is 1. The van der Waals surface area contributed by atoms with E-state index in [1.165, 1.54) is 25.7 Å². The first-order chi connectivity index (χ1) is 7.09. The van der Waals surface area contributed by atoms with E-state index in [0.29, 0.717) is 0 Å². The van der Waals surface area contributed by atoms with Crippen molar-refractivity contribution in [2.75, 3.05) is 20.6 Å². The summed E-state index contributed by atoms with van der Waals surface area (Å²) in [6.07, 6.45) is 6.19. The molecule has 0 rings (SSSR count). The van der Waals surface area contributed by atoms with Crippen LogP contribution in [-0.4, -0.2) is 37.5 Å². The lowest BCUT2D eigenvalue weighted by molar-refractivity contribution is -0.124. The number of likely N-dealkylation sites (N-methyl/N-ethyl adjacent to an activating group) is 1. The average molecular weight is 214 g/mol. The van der Waals surface area contributed by atoms with Gasteiger partial charge in [0.2, 0.25) is 5.91 Å². The zero-order valence-corrected chi connectivity index (χ0v) is 10.7. The molecule has 0 heterocycles. The van der Waals surface area contributed by atoms with Crippen LogP contribution < -0.4 is 5.32 Å². The molecule has 0 fully saturated rings. The second-order valence-electron chi connectivity index (χ2n) is 4.34. The molecule has 0 aromatic rings. The fourth-order valence-electron chi connectivity index (χ4n) is 1.32. The summed E-state index contributed by atoms with van der Waals surface area (Å²) in [5, 5.41) is 2.96. The molecule has 1 unspecified atom stereocenters. The van der Waals surface area contributed by atoms with Crippen LogP contribution in [0.2, 0.25) is 0 Å². The average Bonchev–Trinajstić information content (AvgIpc) is 2.21. The van der Waals surface area contributed by atoms with Crippen LogP contribution in [0.1, 0.15) is 46.0 Å². The molecule has 0 saturated heterocycles. The van der Waals surface area contributed by atoms with Crippen LogP contribution in [0.15, 0.2) is 0 Å². The lowest BCUT2D eigenvalue weighted by atomic mass is 10.1. The molecule has 1 atom stereocenters. The third-order valence-corrected chi connectivity index (χ3v) is 2.73. The van der Waals surface area contributed by atoms with Gasteiger partial charge in [-0.1, -0.05) is 32.6 Å². The van der Waals surface area contributed by atoms with Crippen LogP contribution in [0.3, 0.4) is 0 Å². The van der Waals surface area contributed by atoms with E-state index in [2.05, 4.69) is 12.2 Å². The summed E-state index contributed by atoms with van der Waals surface area (Å²) in [6.45, 7) is 4.95. The third-order valence-electron chi connectivity index (χ3n) is 2.73. The highest BCUT2D eigenvalue weighted by Gasteiger charge is 2.13. The second kappa shape index (κ2) is 8.72. The van der Waals surface area contributed by atoms with Crippen molar-refractivity contribution in [3.63, 3.8) is 0 Å². The summed E-state index contributed by atoms with van der Waals surface area (Å²) < 4.78 is 0. The molecule has 0 aromatic carbocycles. The van der Waals surface area contributed by atoms with Gasteiger partial charge in [-0.25, -0.2) is 0 Å². The minimum Gasteiger partial charge on any atom is -0.355 e. The van der Waals surface area contributed by atoms with Gasteiger partial charge in [0, 0.05) is 6.54 Å². The van der Waals surface area contributed by atoms with Crippen molar-refractivity contribution >= 4 is 5.91 Å². The molecule has 1 amide bonds. The minimum absolute atomic E-state index is 0.0272.